The van der Waals surface area contributed by atoms with Gasteiger partial charge in [0.2, 0.25) is 0 Å². The van der Waals surface area contributed by atoms with Crippen molar-refractivity contribution in [3.05, 3.63) is 277 Å². The van der Waals surface area contributed by atoms with Gasteiger partial charge in [0.05, 0.1) is 123 Å². The van der Waals surface area contributed by atoms with Crippen LogP contribution >= 0.6 is 0 Å². The highest BCUT2D eigenvalue weighted by atomic mass is 19.3. The molecule has 1 saturated carbocycles. The molecule has 1 aliphatic carbocycles. The zero-order chi connectivity index (χ0) is 95.7. The quantitative estimate of drug-likeness (QED) is 0.0269. The number of halogens is 2. The normalized spacial score (nSPS) is 17.0. The summed E-state index contributed by atoms with van der Waals surface area (Å²) in [6, 6.07) is 48.3. The topological polar surface area (TPSA) is 406 Å². The van der Waals surface area contributed by atoms with Crippen LogP contribution < -0.4 is 31.7 Å². The summed E-state index contributed by atoms with van der Waals surface area (Å²) in [7, 11) is 0. The fourth-order valence-corrected chi connectivity index (χ4v) is 18.9. The van der Waals surface area contributed by atoms with Crippen LogP contribution in [0.3, 0.4) is 0 Å². The van der Waals surface area contributed by atoms with Crippen molar-refractivity contribution in [1.82, 2.24) is 105 Å². The fourth-order valence-electron chi connectivity index (χ4n) is 18.9. The number of nitrogens with two attached hydrogens (primary N) is 1. The first kappa shape index (κ1) is 94.0. The number of benzene rings is 4. The summed E-state index contributed by atoms with van der Waals surface area (Å²) in [6.45, 7) is 12.9. The van der Waals surface area contributed by atoms with Gasteiger partial charge in [-0.15, -0.1) is 0 Å². The molecule has 12 aromatic heterocycles. The highest BCUT2D eigenvalue weighted by Crippen LogP contribution is 2.36. The summed E-state index contributed by atoms with van der Waals surface area (Å²) >= 11 is 0. The van der Waals surface area contributed by atoms with E-state index < -0.39 is 5.92 Å². The molecule has 34 heteroatoms. The van der Waals surface area contributed by atoms with Crippen molar-refractivity contribution in [3.8, 4) is 50.3 Å². The third-order valence-corrected chi connectivity index (χ3v) is 26.4. The van der Waals surface area contributed by atoms with E-state index >= 15 is 0 Å². The third kappa shape index (κ3) is 24.2. The molecule has 4 aromatic carbocycles. The van der Waals surface area contributed by atoms with Crippen LogP contribution in [-0.4, -0.2) is 217 Å². The van der Waals surface area contributed by atoms with E-state index in [1.807, 2.05) is 152 Å². The molecular formula is C106H112F2N26O6. The van der Waals surface area contributed by atoms with Gasteiger partial charge in [0.15, 0.2) is 22.8 Å². The Labute approximate surface area is 807 Å². The molecule has 16 aromatic rings. The Bertz CT molecular complexity index is 6950. The number of fused-ring (bicyclic) bond motifs is 4. The SMILES string of the molecule is Nc1cncc(-c2ccc3[nH]nc(C(=O)Nc4ccc(CN5CCCCC5)nc4)c3c2)c1.O=C(Nc1ccc(CN2CCCC2)nc1)c1n[nH]c2ccc(-c3cncc(OC4CCC(O)CC4)c3)cc12.O=C(Nc1ccc(CN2CCCCC2)nc1)c1n[nH]c2ccc(-c3cccnc3)cc12.O=C(Nc1ccc(CN2CCCCC2)nc1)c1n[nH]c2ccc(-c3cncc(CN4CCC(F)(F)C4)c3)cc12. The van der Waals surface area contributed by atoms with E-state index in [9.17, 15) is 33.1 Å². The number of piperidine rings is 3. The standard InChI is InChI=1S/C29H31F2N7O.C29H32N6O3.C24H25N7O.C24H24N6O/c30-29(31)8-11-38(19-29)17-20-12-22(15-32-14-20)21-4-7-26-25(13-21)27(36-35-26)28(39)34-23-5-6-24(33-16-23)18-37-9-2-1-3-10-37;36-23-6-8-24(9-7-23)38-25-13-20(15-30-17-25)19-3-10-27-26(14-19)28(34-33-27)29(37)32-21-4-5-22(31-16-21)18-35-11-1-2-12-35;25-18-10-17(12-26-13-18)16-4-7-22-21(11-16)23(30-29-22)24(32)28-19-5-6-20(27-14-19)15-31-8-2-1-3-9-31;31-24(27-19-7-8-20(26-15-19)16-30-11-2-1-3-12-30)23-21-13-17(6-9-22(21)28-29-23)18-5-4-10-25-14-18/h4-7,12-16H,1-3,8-11,17-19H2,(H,34,39)(H,35,36);3-5,10,13-17,23-24,36H,1-2,6-9,11-12,18H2,(H,32,37)(H,33,34);4-7,10-14H,1-3,8-9,15,25H2,(H,28,32)(H,29,30);4-10,13-15H,1-3,11-12,16H2,(H,27,31)(H,28,29). The summed E-state index contributed by atoms with van der Waals surface area (Å²) in [6.07, 6.45) is 37.5. The maximum Gasteiger partial charge on any atom is 0.276 e. The second kappa shape index (κ2) is 44.2. The number of rotatable bonds is 24. The van der Waals surface area contributed by atoms with Gasteiger partial charge in [-0.05, 0) is 279 Å². The Hall–Kier alpha value is -14.9. The number of alkyl halides is 2. The van der Waals surface area contributed by atoms with E-state index in [2.05, 4.69) is 122 Å². The van der Waals surface area contributed by atoms with Crippen molar-refractivity contribution >= 4 is 95.7 Å². The molecule has 6 aliphatic rings. The van der Waals surface area contributed by atoms with Gasteiger partial charge in [-0.2, -0.15) is 20.4 Å². The van der Waals surface area contributed by atoms with E-state index in [0.717, 1.165) is 215 Å². The monoisotopic (exact) mass is 1880 g/mol. The minimum absolute atomic E-state index is 0.0888. The smallest absolute Gasteiger partial charge is 0.276 e. The molecule has 140 heavy (non-hydrogen) atoms. The number of pyridine rings is 8. The second-order valence-electron chi connectivity index (χ2n) is 36.9. The predicted molar refractivity (Wildman–Crippen MR) is 536 cm³/mol. The lowest BCUT2D eigenvalue weighted by atomic mass is 9.95. The Morgan fingerprint density at radius 2 is 0.721 bits per heavy atom. The van der Waals surface area contributed by atoms with Gasteiger partial charge in [0, 0.05) is 133 Å². The van der Waals surface area contributed by atoms with Crippen molar-refractivity contribution in [1.29, 1.82) is 0 Å². The average molecular weight is 1880 g/mol. The van der Waals surface area contributed by atoms with Crippen LogP contribution in [-0.2, 0) is 32.7 Å². The maximum atomic E-state index is 13.6. The number of nitrogens with one attached hydrogen (secondary N) is 8. The third-order valence-electron chi connectivity index (χ3n) is 26.4. The number of carbonyl (C=O) groups excluding carboxylic acids is 4. The van der Waals surface area contributed by atoms with Crippen molar-refractivity contribution in [2.75, 3.05) is 92.4 Å². The van der Waals surface area contributed by atoms with Crippen molar-refractivity contribution < 1.29 is 37.8 Å². The number of hydrogen-bond donors (Lipinski definition) is 10. The number of nitrogens with zero attached hydrogens (tertiary/aromatic N) is 17. The van der Waals surface area contributed by atoms with Gasteiger partial charge in [0.25, 0.3) is 29.6 Å². The Morgan fingerprint density at radius 1 is 0.364 bits per heavy atom. The molecule has 0 atom stereocenters. The first-order valence-electron chi connectivity index (χ1n) is 48.3. The molecule has 11 N–H and O–H groups in total. The Morgan fingerprint density at radius 3 is 1.08 bits per heavy atom. The number of aromatic amines is 4. The zero-order valence-corrected chi connectivity index (χ0v) is 77.9. The van der Waals surface area contributed by atoms with Crippen LogP contribution in [0.15, 0.2) is 226 Å². The molecule has 0 bridgehead atoms. The molecule has 6 fully saturated rings. The molecule has 0 unspecified atom stereocenters. The number of likely N-dealkylation sites (tertiary alicyclic amines) is 5. The summed E-state index contributed by atoms with van der Waals surface area (Å²) in [5.74, 6) is -3.10. The number of aromatic nitrogens is 16. The first-order chi connectivity index (χ1) is 68.4. The van der Waals surface area contributed by atoms with Gasteiger partial charge in [-0.25, -0.2) is 8.78 Å². The number of H-pyrrole nitrogens is 4. The van der Waals surface area contributed by atoms with Crippen LogP contribution in [0.4, 0.5) is 37.2 Å². The van der Waals surface area contributed by atoms with Crippen molar-refractivity contribution in [2.45, 2.75) is 154 Å². The lowest BCUT2D eigenvalue weighted by molar-refractivity contribution is 0.0114. The summed E-state index contributed by atoms with van der Waals surface area (Å²) in [5, 5.41) is 53.1. The van der Waals surface area contributed by atoms with Gasteiger partial charge in [0.1, 0.15) is 5.75 Å². The van der Waals surface area contributed by atoms with Crippen LogP contribution in [0.2, 0.25) is 0 Å². The minimum Gasteiger partial charge on any atom is -0.489 e. The Balaban J connectivity index is 0.000000119. The van der Waals surface area contributed by atoms with E-state index in [-0.39, 0.29) is 54.5 Å². The molecule has 22 rings (SSSR count). The lowest BCUT2D eigenvalue weighted by Crippen LogP contribution is -2.29. The average Bonchev–Trinajstić information content (AvgIpc) is 1.65. The van der Waals surface area contributed by atoms with Crippen LogP contribution in [0.5, 0.6) is 5.75 Å². The van der Waals surface area contributed by atoms with E-state index in [1.54, 1.807) is 79.3 Å². The molecule has 4 amide bonds. The Kier molecular flexibility index (Phi) is 29.7. The number of amides is 4. The van der Waals surface area contributed by atoms with Gasteiger partial charge >= 0.3 is 0 Å². The van der Waals surface area contributed by atoms with Crippen LogP contribution in [0.25, 0.3) is 88.1 Å². The summed E-state index contributed by atoms with van der Waals surface area (Å²) in [5.41, 5.74) is 25.6. The highest BCUT2D eigenvalue weighted by molar-refractivity contribution is 6.14. The second-order valence-corrected chi connectivity index (χ2v) is 36.9. The molecule has 5 saturated heterocycles. The molecule has 0 radical (unpaired) electrons. The van der Waals surface area contributed by atoms with Crippen LogP contribution in [0.1, 0.15) is 173 Å². The predicted octanol–water partition coefficient (Wildman–Crippen LogP) is 17.7. The van der Waals surface area contributed by atoms with Gasteiger partial charge in [-0.1, -0.05) is 49.6 Å². The largest absolute Gasteiger partial charge is 0.489 e. The molecule has 32 nitrogen and oxygen atoms in total. The molecule has 17 heterocycles. The van der Waals surface area contributed by atoms with Gasteiger partial charge in [-0.3, -0.25) is 104 Å². The van der Waals surface area contributed by atoms with Crippen molar-refractivity contribution in [2.24, 2.45) is 0 Å². The first-order valence-corrected chi connectivity index (χ1v) is 48.3. The lowest BCUT2D eigenvalue weighted by Gasteiger charge is -2.26. The van der Waals surface area contributed by atoms with Crippen molar-refractivity contribution in [3.63, 3.8) is 0 Å². The fraction of sp³-hybridized carbons (Fsp3) is 0.321. The zero-order valence-electron chi connectivity index (χ0n) is 77.9. The molecule has 5 aliphatic heterocycles. The highest BCUT2D eigenvalue weighted by Gasteiger charge is 2.38. The number of aliphatic hydroxyl groups excluding tert-OH is 1. The number of carbonyl (C=O) groups is 4. The number of aliphatic hydroxyl groups is 1. The number of ether oxygens (including phenoxy) is 1. The van der Waals surface area contributed by atoms with Gasteiger partial charge < -0.3 is 36.8 Å². The number of nitrogen functional groups attached to an aromatic ring is 1. The minimum atomic E-state index is -2.63. The molecule has 716 valence electrons. The van der Waals surface area contributed by atoms with E-state index in [0.29, 0.717) is 69.7 Å². The molecular weight excluding hydrogens is 1770 g/mol. The van der Waals surface area contributed by atoms with Crippen LogP contribution in [0, 0.1) is 0 Å². The maximum absolute atomic E-state index is 13.6. The van der Waals surface area contributed by atoms with E-state index in [1.165, 1.54) is 70.6 Å². The van der Waals surface area contributed by atoms with E-state index in [4.69, 9.17) is 10.5 Å². The summed E-state index contributed by atoms with van der Waals surface area (Å²) in [4.78, 5) is 98.6. The summed E-state index contributed by atoms with van der Waals surface area (Å²) < 4.78 is 33.3. The number of anilines is 5. The number of hydrogen-bond acceptors (Lipinski definition) is 24. The molecule has 0 spiro atoms.